The van der Waals surface area contributed by atoms with Crippen LogP contribution in [-0.4, -0.2) is 14.4 Å². The van der Waals surface area contributed by atoms with Gasteiger partial charge >= 0.3 is 7.60 Å². The summed E-state index contributed by atoms with van der Waals surface area (Å²) in [6.07, 6.45) is 0. The van der Waals surface area contributed by atoms with Gasteiger partial charge in [-0.25, -0.2) is 0 Å². The van der Waals surface area contributed by atoms with Gasteiger partial charge in [0.05, 0.1) is 16.3 Å². The SMILES string of the molecule is Cc1ccc2c(c1)c1cc(C)ccc1n2-c1ccc(-c2ccc(P(=O)(O)O)cc2)cc1. The lowest BCUT2D eigenvalue weighted by molar-refractivity contribution is 0.387. The molecule has 4 nitrogen and oxygen atoms in total. The fourth-order valence-electron chi connectivity index (χ4n) is 4.18. The molecular weight excluding hydrogens is 405 g/mol. The lowest BCUT2D eigenvalue weighted by Crippen LogP contribution is -2.02. The Hall–Kier alpha value is -3.17. The highest BCUT2D eigenvalue weighted by atomic mass is 31.2. The molecule has 0 unspecified atom stereocenters. The van der Waals surface area contributed by atoms with Gasteiger partial charge in [-0.05, 0) is 73.5 Å². The Balaban J connectivity index is 1.62. The Morgan fingerprint density at radius 2 is 1.10 bits per heavy atom. The van der Waals surface area contributed by atoms with E-state index < -0.39 is 7.60 Å². The second kappa shape index (κ2) is 7.21. The highest BCUT2D eigenvalue weighted by Gasteiger charge is 2.16. The van der Waals surface area contributed by atoms with Crippen molar-refractivity contribution in [3.8, 4) is 16.8 Å². The number of fused-ring (bicyclic) bond motifs is 3. The number of hydrogen-bond acceptors (Lipinski definition) is 1. The van der Waals surface area contributed by atoms with Crippen LogP contribution in [-0.2, 0) is 4.57 Å². The molecule has 5 heteroatoms. The molecule has 1 heterocycles. The molecule has 4 aromatic carbocycles. The summed E-state index contributed by atoms with van der Waals surface area (Å²) in [7, 11) is -4.23. The number of hydrogen-bond donors (Lipinski definition) is 2. The average molecular weight is 427 g/mol. The largest absolute Gasteiger partial charge is 0.356 e. The summed E-state index contributed by atoms with van der Waals surface area (Å²) in [5.41, 5.74) is 7.80. The fraction of sp³-hybridized carbons (Fsp3) is 0.0769. The second-order valence-electron chi connectivity index (χ2n) is 8.01. The van der Waals surface area contributed by atoms with E-state index in [4.69, 9.17) is 0 Å². The number of aryl methyl sites for hydroxylation is 2. The van der Waals surface area contributed by atoms with Gasteiger partial charge in [0.25, 0.3) is 0 Å². The van der Waals surface area contributed by atoms with E-state index in [-0.39, 0.29) is 5.30 Å². The maximum Gasteiger partial charge on any atom is 0.356 e. The molecule has 0 radical (unpaired) electrons. The molecule has 0 saturated heterocycles. The van der Waals surface area contributed by atoms with Crippen molar-refractivity contribution in [2.45, 2.75) is 13.8 Å². The maximum absolute atomic E-state index is 11.4. The first-order valence-corrected chi connectivity index (χ1v) is 11.7. The molecule has 0 spiro atoms. The molecule has 154 valence electrons. The molecule has 1 aromatic heterocycles. The zero-order valence-electron chi connectivity index (χ0n) is 17.3. The van der Waals surface area contributed by atoms with Gasteiger partial charge in [0, 0.05) is 16.5 Å². The molecule has 0 atom stereocenters. The van der Waals surface area contributed by atoms with Gasteiger partial charge in [0.1, 0.15) is 0 Å². The molecule has 0 bridgehead atoms. The van der Waals surface area contributed by atoms with E-state index in [1.807, 2.05) is 12.1 Å². The van der Waals surface area contributed by atoms with E-state index >= 15 is 0 Å². The summed E-state index contributed by atoms with van der Waals surface area (Å²) in [6, 6.07) is 27.8. The van der Waals surface area contributed by atoms with E-state index in [1.165, 1.54) is 45.1 Å². The van der Waals surface area contributed by atoms with Crippen LogP contribution in [0.1, 0.15) is 11.1 Å². The summed E-state index contributed by atoms with van der Waals surface area (Å²) in [5.74, 6) is 0. The van der Waals surface area contributed by atoms with E-state index in [1.54, 1.807) is 12.1 Å². The average Bonchev–Trinajstić information content (AvgIpc) is 3.06. The Bertz CT molecular complexity index is 1420. The van der Waals surface area contributed by atoms with Gasteiger partial charge in [-0.1, -0.05) is 47.5 Å². The third-order valence-corrected chi connectivity index (χ3v) is 6.71. The van der Waals surface area contributed by atoms with Gasteiger partial charge < -0.3 is 14.4 Å². The Morgan fingerprint density at radius 3 is 1.55 bits per heavy atom. The maximum atomic E-state index is 11.4. The molecule has 31 heavy (non-hydrogen) atoms. The van der Waals surface area contributed by atoms with Crippen molar-refractivity contribution in [1.82, 2.24) is 4.57 Å². The van der Waals surface area contributed by atoms with Crippen molar-refractivity contribution in [2.24, 2.45) is 0 Å². The van der Waals surface area contributed by atoms with Crippen molar-refractivity contribution in [1.29, 1.82) is 0 Å². The number of rotatable bonds is 3. The minimum absolute atomic E-state index is 0.0312. The topological polar surface area (TPSA) is 62.5 Å². The second-order valence-corrected chi connectivity index (χ2v) is 9.62. The molecule has 0 aliphatic carbocycles. The van der Waals surface area contributed by atoms with Gasteiger partial charge in [-0.15, -0.1) is 0 Å². The fourth-order valence-corrected chi connectivity index (χ4v) is 4.72. The summed E-state index contributed by atoms with van der Waals surface area (Å²) >= 11 is 0. The normalized spacial score (nSPS) is 12.0. The van der Waals surface area contributed by atoms with Crippen molar-refractivity contribution in [3.63, 3.8) is 0 Å². The first kappa shape index (κ1) is 19.8. The molecule has 0 aliphatic rings. The van der Waals surface area contributed by atoms with Gasteiger partial charge in [-0.3, -0.25) is 4.57 Å². The number of aromatic nitrogens is 1. The molecule has 0 saturated carbocycles. The highest BCUT2D eigenvalue weighted by Crippen LogP contribution is 2.35. The predicted octanol–water partition coefficient (Wildman–Crippen LogP) is 5.87. The number of nitrogens with zero attached hydrogens (tertiary/aromatic N) is 1. The van der Waals surface area contributed by atoms with E-state index in [2.05, 4.69) is 66.9 Å². The van der Waals surface area contributed by atoms with E-state index in [9.17, 15) is 14.4 Å². The standard InChI is InChI=1S/C26H22NO3P/c1-17-3-13-25-23(15-17)24-16-18(2)4-14-26(24)27(25)21-9-5-19(6-10-21)20-7-11-22(12-8-20)31(28,29)30/h3-16H,1-2H3,(H2,28,29,30). The van der Waals surface area contributed by atoms with Crippen LogP contribution < -0.4 is 5.30 Å². The smallest absolute Gasteiger partial charge is 0.321 e. The third kappa shape index (κ3) is 3.49. The third-order valence-electron chi connectivity index (χ3n) is 5.74. The quantitative estimate of drug-likeness (QED) is 0.354. The van der Waals surface area contributed by atoms with Gasteiger partial charge in [-0.2, -0.15) is 0 Å². The summed E-state index contributed by atoms with van der Waals surface area (Å²) in [4.78, 5) is 18.6. The van der Waals surface area contributed by atoms with Crippen LogP contribution in [0.2, 0.25) is 0 Å². The highest BCUT2D eigenvalue weighted by molar-refractivity contribution is 7.60. The van der Waals surface area contributed by atoms with Crippen LogP contribution in [0.4, 0.5) is 0 Å². The molecule has 5 aromatic rings. The molecule has 0 amide bonds. The van der Waals surface area contributed by atoms with E-state index in [0.29, 0.717) is 0 Å². The molecule has 2 N–H and O–H groups in total. The molecular formula is C26H22NO3P. The lowest BCUT2D eigenvalue weighted by atomic mass is 10.1. The van der Waals surface area contributed by atoms with Crippen molar-refractivity contribution >= 4 is 34.7 Å². The van der Waals surface area contributed by atoms with E-state index in [0.717, 1.165) is 16.8 Å². The van der Waals surface area contributed by atoms with Crippen molar-refractivity contribution in [3.05, 3.63) is 96.1 Å². The summed E-state index contributed by atoms with van der Waals surface area (Å²) < 4.78 is 13.7. The molecule has 5 rings (SSSR count). The zero-order valence-corrected chi connectivity index (χ0v) is 18.2. The van der Waals surface area contributed by atoms with Crippen LogP contribution in [0.15, 0.2) is 84.9 Å². The van der Waals surface area contributed by atoms with Crippen LogP contribution >= 0.6 is 7.60 Å². The first-order chi connectivity index (χ1) is 14.8. The van der Waals surface area contributed by atoms with Crippen LogP contribution in [0.25, 0.3) is 38.6 Å². The Morgan fingerprint density at radius 1 is 0.645 bits per heavy atom. The minimum atomic E-state index is -4.23. The lowest BCUT2D eigenvalue weighted by Gasteiger charge is -2.10. The van der Waals surface area contributed by atoms with Crippen LogP contribution in [0.3, 0.4) is 0 Å². The summed E-state index contributed by atoms with van der Waals surface area (Å²) in [5, 5.41) is 2.52. The predicted molar refractivity (Wildman–Crippen MR) is 127 cm³/mol. The van der Waals surface area contributed by atoms with Gasteiger partial charge in [0.2, 0.25) is 0 Å². The van der Waals surface area contributed by atoms with Gasteiger partial charge in [0.15, 0.2) is 0 Å². The monoisotopic (exact) mass is 427 g/mol. The first-order valence-electron chi connectivity index (χ1n) is 10.1. The zero-order chi connectivity index (χ0) is 21.8. The van der Waals surface area contributed by atoms with Crippen molar-refractivity contribution < 1.29 is 14.4 Å². The van der Waals surface area contributed by atoms with Crippen LogP contribution in [0.5, 0.6) is 0 Å². The van der Waals surface area contributed by atoms with Crippen LogP contribution in [0, 0.1) is 13.8 Å². The summed E-state index contributed by atoms with van der Waals surface area (Å²) in [6.45, 7) is 4.23. The number of benzene rings is 4. The Labute approximate surface area is 180 Å². The Kier molecular flexibility index (Phi) is 4.60. The molecule has 0 aliphatic heterocycles. The molecule has 0 fully saturated rings. The van der Waals surface area contributed by atoms with Crippen molar-refractivity contribution in [2.75, 3.05) is 0 Å². The minimum Gasteiger partial charge on any atom is -0.321 e.